The summed E-state index contributed by atoms with van der Waals surface area (Å²) in [4.78, 5) is 16.1. The van der Waals surface area contributed by atoms with Crippen LogP contribution < -0.4 is 0 Å². The molecule has 318 valence electrons. The van der Waals surface area contributed by atoms with Crippen molar-refractivity contribution < 1.29 is 0 Å². The SMILES string of the molecule is c1ccc(-c2ccc(-c3cccc(-c4nc(-c5ccccc5)nc(-n5c6ccccc6c6ccc7c8ccccc8n(-c8cccc(-c9ccccc9)c8-c8ccccc8)c7c65)n4)c3)cc2)cc1. The van der Waals surface area contributed by atoms with E-state index in [0.717, 1.165) is 88.4 Å². The van der Waals surface area contributed by atoms with Crippen molar-refractivity contribution >= 4 is 43.6 Å². The summed E-state index contributed by atoms with van der Waals surface area (Å²) in [5.41, 5.74) is 16.3. The van der Waals surface area contributed by atoms with E-state index in [0.29, 0.717) is 17.6 Å². The van der Waals surface area contributed by atoms with E-state index < -0.39 is 0 Å². The first-order valence-electron chi connectivity index (χ1n) is 23.0. The van der Waals surface area contributed by atoms with E-state index in [9.17, 15) is 0 Å². The number of nitrogens with zero attached hydrogens (tertiary/aromatic N) is 5. The first kappa shape index (κ1) is 39.2. The third-order valence-corrected chi connectivity index (χ3v) is 13.2. The number of rotatable bonds is 8. The zero-order valence-electron chi connectivity index (χ0n) is 36.9. The van der Waals surface area contributed by atoms with Crippen LogP contribution in [0.2, 0.25) is 0 Å². The lowest BCUT2D eigenvalue weighted by molar-refractivity contribution is 0.953. The van der Waals surface area contributed by atoms with E-state index in [-0.39, 0.29) is 0 Å². The topological polar surface area (TPSA) is 48.5 Å². The summed E-state index contributed by atoms with van der Waals surface area (Å²) in [6, 6.07) is 88.2. The van der Waals surface area contributed by atoms with Crippen molar-refractivity contribution in [1.29, 1.82) is 0 Å². The molecule has 5 nitrogen and oxygen atoms in total. The molecule has 0 spiro atoms. The van der Waals surface area contributed by atoms with Crippen molar-refractivity contribution in [2.24, 2.45) is 0 Å². The minimum Gasteiger partial charge on any atom is -0.307 e. The van der Waals surface area contributed by atoms with Gasteiger partial charge in [-0.3, -0.25) is 4.57 Å². The molecule has 0 amide bonds. The Kier molecular flexibility index (Phi) is 9.43. The molecule has 0 radical (unpaired) electrons. The van der Waals surface area contributed by atoms with Crippen LogP contribution in [0.1, 0.15) is 0 Å². The van der Waals surface area contributed by atoms with E-state index in [1.165, 1.54) is 16.5 Å². The zero-order valence-corrected chi connectivity index (χ0v) is 36.9. The molecule has 3 heterocycles. The Balaban J connectivity index is 1.09. The van der Waals surface area contributed by atoms with Crippen molar-refractivity contribution in [3.05, 3.63) is 249 Å². The Morgan fingerprint density at radius 1 is 0.265 bits per heavy atom. The highest BCUT2D eigenvalue weighted by molar-refractivity contribution is 6.24. The van der Waals surface area contributed by atoms with Gasteiger partial charge in [0.15, 0.2) is 11.6 Å². The molecular weight excluding hydrogens is 827 g/mol. The van der Waals surface area contributed by atoms with Crippen molar-refractivity contribution in [2.75, 3.05) is 0 Å². The summed E-state index contributed by atoms with van der Waals surface area (Å²) in [6.07, 6.45) is 0. The van der Waals surface area contributed by atoms with Gasteiger partial charge in [0.2, 0.25) is 5.95 Å². The van der Waals surface area contributed by atoms with E-state index in [1.54, 1.807) is 0 Å². The third kappa shape index (κ3) is 6.59. The van der Waals surface area contributed by atoms with E-state index in [4.69, 9.17) is 15.0 Å². The van der Waals surface area contributed by atoms with Crippen molar-refractivity contribution in [3.63, 3.8) is 0 Å². The summed E-state index contributed by atoms with van der Waals surface area (Å²) in [6.45, 7) is 0. The molecule has 0 saturated heterocycles. The van der Waals surface area contributed by atoms with Crippen LogP contribution in [0.3, 0.4) is 0 Å². The zero-order chi connectivity index (χ0) is 45.0. The fourth-order valence-electron chi connectivity index (χ4n) is 10.1. The van der Waals surface area contributed by atoms with Gasteiger partial charge in [0.05, 0.1) is 27.8 Å². The molecule has 0 aliphatic carbocycles. The van der Waals surface area contributed by atoms with Crippen LogP contribution in [-0.4, -0.2) is 24.1 Å². The first-order chi connectivity index (χ1) is 33.7. The van der Waals surface area contributed by atoms with Crippen LogP contribution in [0.4, 0.5) is 0 Å². The summed E-state index contributed by atoms with van der Waals surface area (Å²) >= 11 is 0. The first-order valence-corrected chi connectivity index (χ1v) is 23.0. The van der Waals surface area contributed by atoms with Gasteiger partial charge in [-0.05, 0) is 63.2 Å². The average molecular weight is 868 g/mol. The number of benzene rings is 10. The molecule has 5 heteroatoms. The summed E-state index contributed by atoms with van der Waals surface area (Å²) in [5, 5.41) is 4.54. The Labute approximate surface area is 393 Å². The van der Waals surface area contributed by atoms with Gasteiger partial charge >= 0.3 is 0 Å². The second-order valence-electron chi connectivity index (χ2n) is 17.2. The van der Waals surface area contributed by atoms with E-state index in [1.807, 2.05) is 18.2 Å². The maximum atomic E-state index is 5.47. The molecule has 0 bridgehead atoms. The van der Waals surface area contributed by atoms with E-state index in [2.05, 4.69) is 240 Å². The lowest BCUT2D eigenvalue weighted by Crippen LogP contribution is -2.07. The van der Waals surface area contributed by atoms with Gasteiger partial charge in [0, 0.05) is 38.2 Å². The van der Waals surface area contributed by atoms with Crippen LogP contribution >= 0.6 is 0 Å². The molecule has 0 N–H and O–H groups in total. The molecule has 0 saturated carbocycles. The normalized spacial score (nSPS) is 11.5. The van der Waals surface area contributed by atoms with Gasteiger partial charge in [-0.25, -0.2) is 4.98 Å². The van der Waals surface area contributed by atoms with Gasteiger partial charge in [0.1, 0.15) is 0 Å². The van der Waals surface area contributed by atoms with E-state index >= 15 is 0 Å². The van der Waals surface area contributed by atoms with Crippen LogP contribution in [0.5, 0.6) is 0 Å². The molecule has 0 aliphatic rings. The average Bonchev–Trinajstić information content (AvgIpc) is 3.95. The molecule has 10 aromatic carbocycles. The quantitative estimate of drug-likeness (QED) is 0.153. The second-order valence-corrected chi connectivity index (χ2v) is 17.2. The monoisotopic (exact) mass is 867 g/mol. The minimum absolute atomic E-state index is 0.545. The molecule has 0 atom stereocenters. The number of hydrogen-bond donors (Lipinski definition) is 0. The molecule has 0 aliphatic heterocycles. The minimum atomic E-state index is 0.545. The van der Waals surface area contributed by atoms with Gasteiger partial charge in [-0.2, -0.15) is 9.97 Å². The molecule has 3 aromatic heterocycles. The number of para-hydroxylation sites is 2. The highest BCUT2D eigenvalue weighted by Crippen LogP contribution is 2.45. The third-order valence-electron chi connectivity index (χ3n) is 13.2. The smallest absolute Gasteiger partial charge is 0.238 e. The van der Waals surface area contributed by atoms with Gasteiger partial charge in [0.25, 0.3) is 0 Å². The van der Waals surface area contributed by atoms with Crippen molar-refractivity contribution in [3.8, 4) is 78.9 Å². The maximum Gasteiger partial charge on any atom is 0.238 e. The standard InChI is InChI=1S/C63H41N5/c1-5-19-42(20-6-1)43-35-37-44(38-36-43)48-27-17-28-49(41-48)62-64-61(47-25-11-4-12-26-47)65-63(66-62)68-56-33-16-14-30-52(56)54-40-39-53-51-29-13-15-32-55(51)67(59(53)60(54)68)57-34-18-31-50(45-21-7-2-8-22-45)58(57)46-23-9-3-10-24-46/h1-41H. The highest BCUT2D eigenvalue weighted by atomic mass is 15.2. The Bertz CT molecular complexity index is 3990. The fourth-order valence-corrected chi connectivity index (χ4v) is 10.1. The van der Waals surface area contributed by atoms with Gasteiger partial charge < -0.3 is 4.57 Å². The molecule has 0 unspecified atom stereocenters. The number of hydrogen-bond acceptors (Lipinski definition) is 3. The van der Waals surface area contributed by atoms with Crippen molar-refractivity contribution in [2.45, 2.75) is 0 Å². The summed E-state index contributed by atoms with van der Waals surface area (Å²) < 4.78 is 4.75. The highest BCUT2D eigenvalue weighted by Gasteiger charge is 2.25. The largest absolute Gasteiger partial charge is 0.307 e. The van der Waals surface area contributed by atoms with Crippen LogP contribution in [-0.2, 0) is 0 Å². The lowest BCUT2D eigenvalue weighted by atomic mass is 9.93. The predicted octanol–water partition coefficient (Wildman–Crippen LogP) is 16.1. The number of aromatic nitrogens is 5. The van der Waals surface area contributed by atoms with Crippen LogP contribution in [0.15, 0.2) is 249 Å². The van der Waals surface area contributed by atoms with Gasteiger partial charge in [-0.15, -0.1) is 0 Å². The molecule has 13 aromatic rings. The Hall–Kier alpha value is -9.19. The molecule has 68 heavy (non-hydrogen) atoms. The summed E-state index contributed by atoms with van der Waals surface area (Å²) in [7, 11) is 0. The van der Waals surface area contributed by atoms with Crippen molar-refractivity contribution in [1.82, 2.24) is 24.1 Å². The lowest BCUT2D eigenvalue weighted by Gasteiger charge is -2.19. The summed E-state index contributed by atoms with van der Waals surface area (Å²) in [5.74, 6) is 1.74. The maximum absolute atomic E-state index is 5.47. The Morgan fingerprint density at radius 2 is 0.706 bits per heavy atom. The molecular formula is C63H41N5. The predicted molar refractivity (Wildman–Crippen MR) is 281 cm³/mol. The van der Waals surface area contributed by atoms with Crippen LogP contribution in [0, 0.1) is 0 Å². The fraction of sp³-hybridized carbons (Fsp3) is 0. The van der Waals surface area contributed by atoms with Crippen LogP contribution in [0.25, 0.3) is 123 Å². The molecule has 0 fully saturated rings. The Morgan fingerprint density at radius 3 is 1.34 bits per heavy atom. The molecule has 13 rings (SSSR count). The second kappa shape index (κ2) is 16.4. The number of fused-ring (bicyclic) bond motifs is 7. The van der Waals surface area contributed by atoms with Gasteiger partial charge in [-0.1, -0.05) is 224 Å².